The number of nitrogens with one attached hydrogen (secondary N) is 1. The Morgan fingerprint density at radius 2 is 1.58 bits per heavy atom. The van der Waals surface area contributed by atoms with Crippen molar-refractivity contribution < 1.29 is 14.5 Å². The summed E-state index contributed by atoms with van der Waals surface area (Å²) in [4.78, 5) is 29.9. The zero-order valence-electron chi connectivity index (χ0n) is 14.8. The predicted molar refractivity (Wildman–Crippen MR) is 94.6 cm³/mol. The van der Waals surface area contributed by atoms with Crippen molar-refractivity contribution in [2.45, 2.75) is 19.8 Å². The predicted octanol–water partition coefficient (Wildman–Crippen LogP) is 0.463. The van der Waals surface area contributed by atoms with Crippen molar-refractivity contribution in [1.29, 1.82) is 0 Å². The fraction of sp³-hybridized carbons (Fsp3) is 0.579. The zero-order valence-corrected chi connectivity index (χ0v) is 14.8. The van der Waals surface area contributed by atoms with Gasteiger partial charge in [-0.3, -0.25) is 9.59 Å². The van der Waals surface area contributed by atoms with Crippen molar-refractivity contribution in [2.24, 2.45) is 5.92 Å². The van der Waals surface area contributed by atoms with E-state index in [1.54, 1.807) is 6.92 Å². The maximum atomic E-state index is 12.7. The highest BCUT2D eigenvalue weighted by Gasteiger charge is 2.30. The molecule has 130 valence electrons. The van der Waals surface area contributed by atoms with Gasteiger partial charge in [0.1, 0.15) is 0 Å². The molecule has 1 amide bonds. The van der Waals surface area contributed by atoms with E-state index in [2.05, 4.69) is 16.8 Å². The van der Waals surface area contributed by atoms with Crippen LogP contribution in [-0.4, -0.2) is 62.9 Å². The Bertz CT molecular complexity index is 583. The fourth-order valence-electron chi connectivity index (χ4n) is 3.66. The molecule has 1 N–H and O–H groups in total. The van der Waals surface area contributed by atoms with Crippen LogP contribution in [0.2, 0.25) is 0 Å². The number of anilines is 1. The fourth-order valence-corrected chi connectivity index (χ4v) is 3.66. The first-order valence-electron chi connectivity index (χ1n) is 9.00. The molecular formula is C19H28N3O2+. The molecular weight excluding hydrogens is 302 g/mol. The maximum Gasteiger partial charge on any atom is 0.226 e. The number of piperidine rings is 1. The first-order chi connectivity index (χ1) is 11.5. The number of amides is 1. The number of Topliss-reactive ketones (excluding diaryl/α,β-unsaturated/α-hetero) is 1. The highest BCUT2D eigenvalue weighted by atomic mass is 16.2. The van der Waals surface area contributed by atoms with Crippen molar-refractivity contribution in [1.82, 2.24) is 4.90 Å². The van der Waals surface area contributed by atoms with Crippen LogP contribution in [-0.2, 0) is 4.79 Å². The Balaban J connectivity index is 1.53. The molecule has 0 saturated carbocycles. The minimum absolute atomic E-state index is 0.0971. The number of hydrogen-bond acceptors (Lipinski definition) is 3. The van der Waals surface area contributed by atoms with Gasteiger partial charge in [-0.1, -0.05) is 0 Å². The number of rotatable bonds is 3. The largest absolute Gasteiger partial charge is 0.371 e. The van der Waals surface area contributed by atoms with E-state index in [1.165, 1.54) is 4.90 Å². The lowest BCUT2D eigenvalue weighted by atomic mass is 9.94. The van der Waals surface area contributed by atoms with Gasteiger partial charge in [-0.15, -0.1) is 0 Å². The lowest BCUT2D eigenvalue weighted by molar-refractivity contribution is -0.883. The Kier molecular flexibility index (Phi) is 5.19. The van der Waals surface area contributed by atoms with E-state index < -0.39 is 0 Å². The van der Waals surface area contributed by atoms with E-state index in [4.69, 9.17) is 0 Å². The summed E-state index contributed by atoms with van der Waals surface area (Å²) in [6.45, 7) is 7.34. The van der Waals surface area contributed by atoms with Crippen LogP contribution in [0.4, 0.5) is 5.69 Å². The molecule has 2 heterocycles. The highest BCUT2D eigenvalue weighted by Crippen LogP contribution is 2.25. The van der Waals surface area contributed by atoms with Gasteiger partial charge in [0, 0.05) is 30.3 Å². The molecule has 5 nitrogen and oxygen atoms in total. The first-order valence-corrected chi connectivity index (χ1v) is 9.00. The molecule has 0 aromatic heterocycles. The van der Waals surface area contributed by atoms with Gasteiger partial charge < -0.3 is 14.7 Å². The first kappa shape index (κ1) is 17.0. The molecule has 0 bridgehead atoms. The van der Waals surface area contributed by atoms with Crippen LogP contribution >= 0.6 is 0 Å². The number of nitrogens with zero attached hydrogens (tertiary/aromatic N) is 2. The van der Waals surface area contributed by atoms with Crippen LogP contribution in [0.3, 0.4) is 0 Å². The standard InChI is InChI=1S/C19H27N3O2/c1-15(23)16-3-5-18(6-4-16)21-9-7-17(8-10-21)19(24)22-13-11-20(2)12-14-22/h3-6,17H,7-14H2,1-2H3/p+1. The summed E-state index contributed by atoms with van der Waals surface area (Å²) in [5.41, 5.74) is 1.90. The van der Waals surface area contributed by atoms with Gasteiger partial charge >= 0.3 is 0 Å². The monoisotopic (exact) mass is 330 g/mol. The number of hydrogen-bond donors (Lipinski definition) is 1. The van der Waals surface area contributed by atoms with Crippen molar-refractivity contribution in [3.05, 3.63) is 29.8 Å². The lowest BCUT2D eigenvalue weighted by Crippen LogP contribution is -3.12. The Morgan fingerprint density at radius 1 is 1.00 bits per heavy atom. The summed E-state index contributed by atoms with van der Waals surface area (Å²) in [6.07, 6.45) is 1.85. The van der Waals surface area contributed by atoms with Crippen LogP contribution in [0.15, 0.2) is 24.3 Å². The lowest BCUT2D eigenvalue weighted by Gasteiger charge is -2.37. The third-order valence-corrected chi connectivity index (χ3v) is 5.41. The molecule has 2 aliphatic rings. The molecule has 5 heteroatoms. The second-order valence-electron chi connectivity index (χ2n) is 7.15. The zero-order chi connectivity index (χ0) is 17.1. The average Bonchev–Trinajstić information content (AvgIpc) is 2.62. The molecule has 1 aromatic rings. The quantitative estimate of drug-likeness (QED) is 0.819. The smallest absolute Gasteiger partial charge is 0.226 e. The van der Waals surface area contributed by atoms with Crippen molar-refractivity contribution >= 4 is 17.4 Å². The highest BCUT2D eigenvalue weighted by molar-refractivity contribution is 5.94. The molecule has 0 aliphatic carbocycles. The summed E-state index contributed by atoms with van der Waals surface area (Å²) in [7, 11) is 2.19. The molecule has 0 unspecified atom stereocenters. The Morgan fingerprint density at radius 3 is 2.12 bits per heavy atom. The van der Waals surface area contributed by atoms with E-state index in [0.717, 1.165) is 63.4 Å². The minimum Gasteiger partial charge on any atom is -0.371 e. The average molecular weight is 330 g/mol. The minimum atomic E-state index is 0.0971. The Labute approximate surface area is 144 Å². The second kappa shape index (κ2) is 7.34. The number of likely N-dealkylation sites (N-methyl/N-ethyl adjacent to an activating group) is 1. The van der Waals surface area contributed by atoms with Gasteiger partial charge in [-0.2, -0.15) is 0 Å². The summed E-state index contributed by atoms with van der Waals surface area (Å²) in [5.74, 6) is 0.630. The SMILES string of the molecule is CC(=O)c1ccc(N2CCC(C(=O)N3CC[NH+](C)CC3)CC2)cc1. The van der Waals surface area contributed by atoms with Crippen LogP contribution in [0.1, 0.15) is 30.1 Å². The van der Waals surface area contributed by atoms with Gasteiger partial charge in [0.15, 0.2) is 5.78 Å². The van der Waals surface area contributed by atoms with Gasteiger partial charge in [0.2, 0.25) is 5.91 Å². The van der Waals surface area contributed by atoms with Crippen molar-refractivity contribution in [3.63, 3.8) is 0 Å². The molecule has 1 aromatic carbocycles. The number of benzene rings is 1. The summed E-state index contributed by atoms with van der Waals surface area (Å²) in [6, 6.07) is 7.81. The van der Waals surface area contributed by atoms with E-state index in [0.29, 0.717) is 5.91 Å². The molecule has 0 radical (unpaired) electrons. The number of ketones is 1. The normalized spacial score (nSPS) is 20.2. The van der Waals surface area contributed by atoms with Crippen LogP contribution in [0, 0.1) is 5.92 Å². The van der Waals surface area contributed by atoms with E-state index >= 15 is 0 Å². The summed E-state index contributed by atoms with van der Waals surface area (Å²) >= 11 is 0. The molecule has 24 heavy (non-hydrogen) atoms. The Hall–Kier alpha value is -1.88. The van der Waals surface area contributed by atoms with Gasteiger partial charge in [-0.05, 0) is 44.0 Å². The molecule has 3 rings (SSSR count). The maximum absolute atomic E-state index is 12.7. The van der Waals surface area contributed by atoms with Gasteiger partial charge in [-0.25, -0.2) is 0 Å². The topological polar surface area (TPSA) is 45.1 Å². The third-order valence-electron chi connectivity index (χ3n) is 5.41. The molecule has 2 fully saturated rings. The van der Waals surface area contributed by atoms with Crippen LogP contribution < -0.4 is 9.80 Å². The van der Waals surface area contributed by atoms with E-state index in [9.17, 15) is 9.59 Å². The number of carbonyl (C=O) groups is 2. The summed E-state index contributed by atoms with van der Waals surface area (Å²) in [5, 5.41) is 0. The van der Waals surface area contributed by atoms with Crippen molar-refractivity contribution in [2.75, 3.05) is 51.2 Å². The van der Waals surface area contributed by atoms with Crippen LogP contribution in [0.25, 0.3) is 0 Å². The van der Waals surface area contributed by atoms with Gasteiger partial charge in [0.05, 0.1) is 33.2 Å². The third kappa shape index (κ3) is 3.78. The number of quaternary nitrogens is 1. The number of carbonyl (C=O) groups excluding carboxylic acids is 2. The van der Waals surface area contributed by atoms with E-state index in [-0.39, 0.29) is 11.7 Å². The van der Waals surface area contributed by atoms with Gasteiger partial charge in [0.25, 0.3) is 0 Å². The molecule has 2 aliphatic heterocycles. The second-order valence-corrected chi connectivity index (χ2v) is 7.15. The van der Waals surface area contributed by atoms with Crippen molar-refractivity contribution in [3.8, 4) is 0 Å². The molecule has 0 spiro atoms. The van der Waals surface area contributed by atoms with Crippen LogP contribution in [0.5, 0.6) is 0 Å². The summed E-state index contributed by atoms with van der Waals surface area (Å²) < 4.78 is 0. The molecule has 0 atom stereocenters. The number of piperazine rings is 1. The molecule has 2 saturated heterocycles. The van der Waals surface area contributed by atoms with E-state index in [1.807, 2.05) is 24.3 Å².